The van der Waals surface area contributed by atoms with E-state index in [1.807, 2.05) is 0 Å². The Morgan fingerprint density at radius 2 is 2.17 bits per heavy atom. The summed E-state index contributed by atoms with van der Waals surface area (Å²) in [4.78, 5) is 13.4. The van der Waals surface area contributed by atoms with Gasteiger partial charge in [0.1, 0.15) is 11.6 Å². The Morgan fingerprint density at radius 1 is 1.50 bits per heavy atom. The molecule has 0 saturated carbocycles. The van der Waals surface area contributed by atoms with Crippen LogP contribution in [0.15, 0.2) is 18.2 Å². The van der Waals surface area contributed by atoms with Crippen molar-refractivity contribution in [1.82, 2.24) is 4.90 Å². The summed E-state index contributed by atoms with van der Waals surface area (Å²) in [6.45, 7) is 1.89. The molecule has 6 heteroatoms. The Balaban J connectivity index is 2.69. The maximum Gasteiger partial charge on any atom is 0.241 e. The van der Waals surface area contributed by atoms with Crippen LogP contribution in [0.4, 0.5) is 14.5 Å². The summed E-state index contributed by atoms with van der Waals surface area (Å²) in [5, 5.41) is 11.1. The van der Waals surface area contributed by atoms with Crippen molar-refractivity contribution < 1.29 is 18.7 Å². The lowest BCUT2D eigenvalue weighted by Gasteiger charge is -2.22. The number of nitrogens with one attached hydrogen (secondary N) is 1. The van der Waals surface area contributed by atoms with Gasteiger partial charge in [0.2, 0.25) is 5.91 Å². The number of benzene rings is 1. The van der Waals surface area contributed by atoms with Gasteiger partial charge in [-0.1, -0.05) is 0 Å². The second kappa shape index (κ2) is 6.42. The minimum atomic E-state index is -0.819. The lowest BCUT2D eigenvalue weighted by atomic mass is 10.2. The van der Waals surface area contributed by atoms with Crippen LogP contribution < -0.4 is 5.32 Å². The van der Waals surface area contributed by atoms with Crippen molar-refractivity contribution in [3.63, 3.8) is 0 Å². The molecule has 0 radical (unpaired) electrons. The zero-order valence-corrected chi connectivity index (χ0v) is 10.3. The number of hydrogen-bond acceptors (Lipinski definition) is 3. The van der Waals surface area contributed by atoms with E-state index in [2.05, 4.69) is 5.32 Å². The molecule has 0 heterocycles. The number of hydrogen-bond donors (Lipinski definition) is 2. The first-order chi connectivity index (χ1) is 8.45. The molecule has 0 aliphatic carbocycles. The van der Waals surface area contributed by atoms with Crippen molar-refractivity contribution in [1.29, 1.82) is 0 Å². The Labute approximate surface area is 104 Å². The lowest BCUT2D eigenvalue weighted by Crippen LogP contribution is -2.41. The predicted molar refractivity (Wildman–Crippen MR) is 64.2 cm³/mol. The summed E-state index contributed by atoms with van der Waals surface area (Å²) in [7, 11) is 1.67. The van der Waals surface area contributed by atoms with Crippen LogP contribution in [-0.4, -0.2) is 42.2 Å². The maximum atomic E-state index is 13.3. The number of likely N-dealkylation sites (N-methyl/N-ethyl adjacent to an activating group) is 1. The number of carbonyl (C=O) groups excluding carboxylic acids is 1. The van der Waals surface area contributed by atoms with Gasteiger partial charge in [-0.3, -0.25) is 9.69 Å². The largest absolute Gasteiger partial charge is 0.395 e. The summed E-state index contributed by atoms with van der Waals surface area (Å²) in [5.41, 5.74) is -0.0642. The quantitative estimate of drug-likeness (QED) is 0.835. The van der Waals surface area contributed by atoms with Crippen molar-refractivity contribution >= 4 is 11.6 Å². The molecule has 0 bridgehead atoms. The summed E-state index contributed by atoms with van der Waals surface area (Å²) in [5.74, 6) is -1.94. The topological polar surface area (TPSA) is 52.6 Å². The number of nitrogens with zero attached hydrogens (tertiary/aromatic N) is 1. The van der Waals surface area contributed by atoms with Crippen LogP contribution in [-0.2, 0) is 4.79 Å². The minimum Gasteiger partial charge on any atom is -0.395 e. The molecule has 2 N–H and O–H groups in total. The molecule has 0 aliphatic heterocycles. The van der Waals surface area contributed by atoms with Gasteiger partial charge in [0.05, 0.1) is 18.3 Å². The number of aliphatic hydroxyl groups excluding tert-OH is 1. The highest BCUT2D eigenvalue weighted by molar-refractivity contribution is 5.94. The van der Waals surface area contributed by atoms with E-state index in [0.29, 0.717) is 12.6 Å². The molecule has 1 atom stereocenters. The molecule has 0 fully saturated rings. The van der Waals surface area contributed by atoms with Gasteiger partial charge in [0.15, 0.2) is 0 Å². The Hall–Kier alpha value is -1.53. The van der Waals surface area contributed by atoms with Crippen molar-refractivity contribution in [2.45, 2.75) is 13.0 Å². The molecule has 4 nitrogen and oxygen atoms in total. The Morgan fingerprint density at radius 3 is 2.72 bits per heavy atom. The molecule has 1 unspecified atom stereocenters. The van der Waals surface area contributed by atoms with Crippen LogP contribution in [0.3, 0.4) is 0 Å². The van der Waals surface area contributed by atoms with Crippen LogP contribution in [0.1, 0.15) is 6.92 Å². The molecule has 0 saturated heterocycles. The standard InChI is InChI=1S/C12H16F2N2O2/c1-8(16(2)5-6-17)12(18)15-11-4-3-9(13)7-10(11)14/h3-4,7-8,17H,5-6H2,1-2H3,(H,15,18). The fourth-order valence-corrected chi connectivity index (χ4v) is 1.38. The van der Waals surface area contributed by atoms with Gasteiger partial charge in [-0.05, 0) is 26.1 Å². The lowest BCUT2D eigenvalue weighted by molar-refractivity contribution is -0.120. The Bertz CT molecular complexity index is 427. The van der Waals surface area contributed by atoms with E-state index in [-0.39, 0.29) is 12.3 Å². The average molecular weight is 258 g/mol. The summed E-state index contributed by atoms with van der Waals surface area (Å²) >= 11 is 0. The highest BCUT2D eigenvalue weighted by atomic mass is 19.1. The van der Waals surface area contributed by atoms with Crippen molar-refractivity contribution in [2.24, 2.45) is 0 Å². The smallest absolute Gasteiger partial charge is 0.241 e. The van der Waals surface area contributed by atoms with Gasteiger partial charge in [0.25, 0.3) is 0 Å². The third-order valence-electron chi connectivity index (χ3n) is 2.68. The van der Waals surface area contributed by atoms with Gasteiger partial charge in [-0.25, -0.2) is 8.78 Å². The molecule has 100 valence electrons. The number of carbonyl (C=O) groups is 1. The molecule has 0 aromatic heterocycles. The van der Waals surface area contributed by atoms with E-state index in [9.17, 15) is 13.6 Å². The summed E-state index contributed by atoms with van der Waals surface area (Å²) in [6, 6.07) is 2.42. The summed E-state index contributed by atoms with van der Waals surface area (Å²) in [6.07, 6.45) is 0. The SMILES string of the molecule is CC(C(=O)Nc1ccc(F)cc1F)N(C)CCO. The molecule has 1 aromatic rings. The molecule has 1 rings (SSSR count). The monoisotopic (exact) mass is 258 g/mol. The third kappa shape index (κ3) is 3.75. The number of anilines is 1. The van der Waals surface area contributed by atoms with Crippen molar-refractivity contribution in [3.8, 4) is 0 Å². The van der Waals surface area contributed by atoms with E-state index in [1.54, 1.807) is 18.9 Å². The maximum absolute atomic E-state index is 13.3. The van der Waals surface area contributed by atoms with Crippen LogP contribution in [0.5, 0.6) is 0 Å². The first-order valence-corrected chi connectivity index (χ1v) is 5.52. The van der Waals surface area contributed by atoms with Crippen molar-refractivity contribution in [2.75, 3.05) is 25.5 Å². The van der Waals surface area contributed by atoms with Crippen LogP contribution in [0, 0.1) is 11.6 Å². The minimum absolute atomic E-state index is 0.0642. The van der Waals surface area contributed by atoms with E-state index in [0.717, 1.165) is 6.07 Å². The molecular formula is C12H16F2N2O2. The van der Waals surface area contributed by atoms with Crippen LogP contribution in [0.2, 0.25) is 0 Å². The highest BCUT2D eigenvalue weighted by Gasteiger charge is 2.18. The normalized spacial score (nSPS) is 12.6. The zero-order valence-electron chi connectivity index (χ0n) is 10.3. The van der Waals surface area contributed by atoms with Crippen LogP contribution >= 0.6 is 0 Å². The first-order valence-electron chi connectivity index (χ1n) is 5.52. The van der Waals surface area contributed by atoms with Crippen LogP contribution in [0.25, 0.3) is 0 Å². The number of halogens is 2. The van der Waals surface area contributed by atoms with E-state index >= 15 is 0 Å². The molecule has 18 heavy (non-hydrogen) atoms. The molecule has 0 spiro atoms. The van der Waals surface area contributed by atoms with Gasteiger partial charge in [0, 0.05) is 12.6 Å². The molecule has 0 aliphatic rings. The van der Waals surface area contributed by atoms with Gasteiger partial charge < -0.3 is 10.4 Å². The van der Waals surface area contributed by atoms with Crippen molar-refractivity contribution in [3.05, 3.63) is 29.8 Å². The fraction of sp³-hybridized carbons (Fsp3) is 0.417. The van der Waals surface area contributed by atoms with E-state index in [1.165, 1.54) is 6.07 Å². The highest BCUT2D eigenvalue weighted by Crippen LogP contribution is 2.15. The van der Waals surface area contributed by atoms with Gasteiger partial charge >= 0.3 is 0 Å². The second-order valence-corrected chi connectivity index (χ2v) is 3.99. The fourth-order valence-electron chi connectivity index (χ4n) is 1.38. The Kier molecular flexibility index (Phi) is 5.18. The third-order valence-corrected chi connectivity index (χ3v) is 2.68. The second-order valence-electron chi connectivity index (χ2n) is 3.99. The van der Waals surface area contributed by atoms with Gasteiger partial charge in [-0.15, -0.1) is 0 Å². The number of rotatable bonds is 5. The van der Waals surface area contributed by atoms with Gasteiger partial charge in [-0.2, -0.15) is 0 Å². The number of amides is 1. The number of aliphatic hydroxyl groups is 1. The zero-order chi connectivity index (χ0) is 13.7. The molecule has 1 aromatic carbocycles. The summed E-state index contributed by atoms with van der Waals surface area (Å²) < 4.78 is 26.0. The van der Waals surface area contributed by atoms with E-state index in [4.69, 9.17) is 5.11 Å². The molecule has 1 amide bonds. The average Bonchev–Trinajstić information content (AvgIpc) is 2.32. The molecular weight excluding hydrogens is 242 g/mol. The van der Waals surface area contributed by atoms with E-state index < -0.39 is 23.6 Å². The first kappa shape index (κ1) is 14.5. The predicted octanol–water partition coefficient (Wildman–Crippen LogP) is 1.22.